The standard InChI is InChI=1S/C14H30N2O4/c1-4-5-15-6-7-18-8-9-19-10-11-20-14(17)16-12-13(2)3/h13,15H,4-12H2,1-3H3,(H,16,17). The topological polar surface area (TPSA) is 68.8 Å². The van der Waals surface area contributed by atoms with Gasteiger partial charge in [0, 0.05) is 13.1 Å². The molecule has 0 radical (unpaired) electrons. The number of carbonyl (C=O) groups is 1. The number of nitrogens with one attached hydrogen (secondary N) is 2. The molecule has 0 fully saturated rings. The predicted molar refractivity (Wildman–Crippen MR) is 79.0 cm³/mol. The van der Waals surface area contributed by atoms with Crippen molar-refractivity contribution in [3.05, 3.63) is 0 Å². The van der Waals surface area contributed by atoms with Crippen LogP contribution in [0.2, 0.25) is 0 Å². The first-order valence-electron chi connectivity index (χ1n) is 7.43. The molecule has 0 aliphatic rings. The maximum atomic E-state index is 11.2. The van der Waals surface area contributed by atoms with Crippen molar-refractivity contribution in [2.75, 3.05) is 52.7 Å². The second kappa shape index (κ2) is 14.6. The van der Waals surface area contributed by atoms with Crippen molar-refractivity contribution < 1.29 is 19.0 Å². The van der Waals surface area contributed by atoms with Crippen LogP contribution in [-0.4, -0.2) is 58.8 Å². The zero-order chi connectivity index (χ0) is 15.1. The molecule has 0 aliphatic carbocycles. The number of hydrogen-bond donors (Lipinski definition) is 2. The van der Waals surface area contributed by atoms with Gasteiger partial charge in [0.15, 0.2) is 0 Å². The van der Waals surface area contributed by atoms with Gasteiger partial charge in [-0.1, -0.05) is 20.8 Å². The second-order valence-corrected chi connectivity index (χ2v) is 4.89. The van der Waals surface area contributed by atoms with Crippen molar-refractivity contribution in [2.45, 2.75) is 27.2 Å². The van der Waals surface area contributed by atoms with Gasteiger partial charge < -0.3 is 24.8 Å². The lowest BCUT2D eigenvalue weighted by Crippen LogP contribution is -2.29. The molecule has 1 amide bonds. The molecule has 6 heteroatoms. The van der Waals surface area contributed by atoms with Crippen LogP contribution in [-0.2, 0) is 14.2 Å². The Labute approximate surface area is 122 Å². The fraction of sp³-hybridized carbons (Fsp3) is 0.929. The molecule has 0 aliphatic heterocycles. The van der Waals surface area contributed by atoms with Crippen molar-refractivity contribution in [2.24, 2.45) is 5.92 Å². The third-order valence-electron chi connectivity index (χ3n) is 2.34. The molecule has 0 aromatic heterocycles. The Morgan fingerprint density at radius 2 is 1.65 bits per heavy atom. The maximum absolute atomic E-state index is 11.2. The first-order valence-corrected chi connectivity index (χ1v) is 7.43. The van der Waals surface area contributed by atoms with Gasteiger partial charge in [0.1, 0.15) is 6.61 Å². The highest BCUT2D eigenvalue weighted by atomic mass is 16.6. The molecular weight excluding hydrogens is 260 g/mol. The number of ether oxygens (including phenoxy) is 3. The number of rotatable bonds is 13. The van der Waals surface area contributed by atoms with E-state index in [2.05, 4.69) is 17.6 Å². The van der Waals surface area contributed by atoms with Crippen molar-refractivity contribution in [1.29, 1.82) is 0 Å². The van der Waals surface area contributed by atoms with Gasteiger partial charge in [-0.05, 0) is 18.9 Å². The average molecular weight is 290 g/mol. The summed E-state index contributed by atoms with van der Waals surface area (Å²) in [5, 5.41) is 5.92. The van der Waals surface area contributed by atoms with E-state index in [9.17, 15) is 4.79 Å². The lowest BCUT2D eigenvalue weighted by Gasteiger charge is -2.09. The molecule has 120 valence electrons. The summed E-state index contributed by atoms with van der Waals surface area (Å²) < 4.78 is 15.6. The molecule has 0 atom stereocenters. The highest BCUT2D eigenvalue weighted by Gasteiger charge is 2.02. The molecule has 2 N–H and O–H groups in total. The quantitative estimate of drug-likeness (QED) is 0.502. The number of hydrogen-bond acceptors (Lipinski definition) is 5. The van der Waals surface area contributed by atoms with E-state index in [4.69, 9.17) is 14.2 Å². The van der Waals surface area contributed by atoms with Gasteiger partial charge in [-0.2, -0.15) is 0 Å². The molecule has 0 aromatic carbocycles. The van der Waals surface area contributed by atoms with E-state index in [1.807, 2.05) is 13.8 Å². The van der Waals surface area contributed by atoms with E-state index in [1.165, 1.54) is 0 Å². The minimum Gasteiger partial charge on any atom is -0.447 e. The fourth-order valence-corrected chi connectivity index (χ4v) is 1.30. The third kappa shape index (κ3) is 15.2. The minimum absolute atomic E-state index is 0.266. The normalized spacial score (nSPS) is 10.8. The van der Waals surface area contributed by atoms with Crippen LogP contribution in [0.5, 0.6) is 0 Å². The van der Waals surface area contributed by atoms with Gasteiger partial charge >= 0.3 is 6.09 Å². The van der Waals surface area contributed by atoms with Crippen LogP contribution >= 0.6 is 0 Å². The Morgan fingerprint density at radius 1 is 1.00 bits per heavy atom. The Morgan fingerprint density at radius 3 is 2.30 bits per heavy atom. The van der Waals surface area contributed by atoms with Crippen LogP contribution in [0.15, 0.2) is 0 Å². The van der Waals surface area contributed by atoms with Crippen LogP contribution in [0.3, 0.4) is 0 Å². The molecule has 0 saturated heterocycles. The van der Waals surface area contributed by atoms with E-state index < -0.39 is 0 Å². The van der Waals surface area contributed by atoms with Crippen molar-refractivity contribution in [3.8, 4) is 0 Å². The van der Waals surface area contributed by atoms with E-state index in [0.29, 0.717) is 38.9 Å². The fourth-order valence-electron chi connectivity index (χ4n) is 1.30. The van der Waals surface area contributed by atoms with E-state index >= 15 is 0 Å². The highest BCUT2D eigenvalue weighted by molar-refractivity contribution is 5.67. The summed E-state index contributed by atoms with van der Waals surface area (Å²) >= 11 is 0. The molecule has 0 unspecified atom stereocenters. The van der Waals surface area contributed by atoms with E-state index in [0.717, 1.165) is 19.5 Å². The molecule has 20 heavy (non-hydrogen) atoms. The summed E-state index contributed by atoms with van der Waals surface area (Å²) in [6.07, 6.45) is 0.744. The maximum Gasteiger partial charge on any atom is 0.407 e. The van der Waals surface area contributed by atoms with Gasteiger partial charge in [-0.25, -0.2) is 4.79 Å². The third-order valence-corrected chi connectivity index (χ3v) is 2.34. The Balaban J connectivity index is 3.11. The summed E-state index contributed by atoms with van der Waals surface area (Å²) in [5.41, 5.74) is 0. The molecule has 0 heterocycles. The van der Waals surface area contributed by atoms with Crippen LogP contribution in [0.1, 0.15) is 27.2 Å². The molecule has 6 nitrogen and oxygen atoms in total. The number of carbonyl (C=O) groups excluding carboxylic acids is 1. The summed E-state index contributed by atoms with van der Waals surface area (Å²) in [6.45, 7) is 11.1. The summed E-state index contributed by atoms with van der Waals surface area (Å²) in [7, 11) is 0. The van der Waals surface area contributed by atoms with Gasteiger partial charge in [0.25, 0.3) is 0 Å². The SMILES string of the molecule is CCCNCCOCCOCCOC(=O)NCC(C)C. The van der Waals surface area contributed by atoms with Gasteiger partial charge in [-0.15, -0.1) is 0 Å². The molecule has 0 spiro atoms. The minimum atomic E-state index is -0.388. The summed E-state index contributed by atoms with van der Waals surface area (Å²) in [5.74, 6) is 0.419. The largest absolute Gasteiger partial charge is 0.447 e. The van der Waals surface area contributed by atoms with Gasteiger partial charge in [0.05, 0.1) is 26.4 Å². The zero-order valence-electron chi connectivity index (χ0n) is 13.1. The number of amides is 1. The monoisotopic (exact) mass is 290 g/mol. The van der Waals surface area contributed by atoms with E-state index in [-0.39, 0.29) is 12.7 Å². The van der Waals surface area contributed by atoms with Gasteiger partial charge in [0.2, 0.25) is 0 Å². The Bertz CT molecular complexity index is 225. The summed E-state index contributed by atoms with van der Waals surface area (Å²) in [6, 6.07) is 0. The first-order chi connectivity index (χ1) is 9.66. The van der Waals surface area contributed by atoms with Crippen molar-refractivity contribution in [3.63, 3.8) is 0 Å². The molecule has 0 aromatic rings. The highest BCUT2D eigenvalue weighted by Crippen LogP contribution is 1.88. The Hall–Kier alpha value is -0.850. The smallest absolute Gasteiger partial charge is 0.407 e. The first kappa shape index (κ1) is 19.1. The van der Waals surface area contributed by atoms with Crippen LogP contribution in [0.25, 0.3) is 0 Å². The molecule has 0 rings (SSSR count). The lowest BCUT2D eigenvalue weighted by atomic mass is 10.2. The predicted octanol–water partition coefficient (Wildman–Crippen LogP) is 1.40. The average Bonchev–Trinajstić information content (AvgIpc) is 2.42. The lowest BCUT2D eigenvalue weighted by molar-refractivity contribution is 0.0288. The number of alkyl carbamates (subject to hydrolysis) is 1. The van der Waals surface area contributed by atoms with Crippen LogP contribution in [0, 0.1) is 5.92 Å². The summed E-state index contributed by atoms with van der Waals surface area (Å²) in [4.78, 5) is 11.2. The molecule has 0 bridgehead atoms. The van der Waals surface area contributed by atoms with Crippen molar-refractivity contribution >= 4 is 6.09 Å². The van der Waals surface area contributed by atoms with Crippen LogP contribution in [0.4, 0.5) is 4.79 Å². The van der Waals surface area contributed by atoms with E-state index in [1.54, 1.807) is 0 Å². The Kier molecular flexibility index (Phi) is 13.9. The zero-order valence-corrected chi connectivity index (χ0v) is 13.1. The van der Waals surface area contributed by atoms with Crippen LogP contribution < -0.4 is 10.6 Å². The molecule has 0 saturated carbocycles. The van der Waals surface area contributed by atoms with Gasteiger partial charge in [-0.3, -0.25) is 0 Å². The second-order valence-electron chi connectivity index (χ2n) is 4.89. The molecular formula is C14H30N2O4. The van der Waals surface area contributed by atoms with Crippen molar-refractivity contribution in [1.82, 2.24) is 10.6 Å².